The molecule has 1 unspecified atom stereocenters. The summed E-state index contributed by atoms with van der Waals surface area (Å²) in [5.41, 5.74) is 1.41. The van der Waals surface area contributed by atoms with Gasteiger partial charge in [-0.15, -0.1) is 0 Å². The second kappa shape index (κ2) is 4.04. The molecule has 0 amide bonds. The van der Waals surface area contributed by atoms with Crippen LogP contribution in [0, 0.1) is 0 Å². The molecule has 82 valence electrons. The van der Waals surface area contributed by atoms with Crippen molar-refractivity contribution in [3.63, 3.8) is 0 Å². The normalized spacial score (nSPS) is 22.8. The molecule has 0 aromatic heterocycles. The second-order valence-corrected chi connectivity index (χ2v) is 9.29. The second-order valence-electron chi connectivity index (χ2n) is 4.19. The Morgan fingerprint density at radius 3 is 2.60 bits per heavy atom. The van der Waals surface area contributed by atoms with Crippen LogP contribution in [-0.2, 0) is 4.43 Å². The van der Waals surface area contributed by atoms with E-state index in [9.17, 15) is 0 Å². The van der Waals surface area contributed by atoms with Crippen LogP contribution >= 0.6 is 15.9 Å². The molecule has 0 fully saturated rings. The summed E-state index contributed by atoms with van der Waals surface area (Å²) >= 11 is 3.56. The fourth-order valence-electron chi connectivity index (χ4n) is 2.54. The highest BCUT2D eigenvalue weighted by molar-refractivity contribution is 9.10. The summed E-state index contributed by atoms with van der Waals surface area (Å²) in [6.07, 6.45) is 0.291. The maximum absolute atomic E-state index is 6.29. The van der Waals surface area contributed by atoms with Crippen molar-refractivity contribution in [3.05, 3.63) is 28.2 Å². The highest BCUT2D eigenvalue weighted by Crippen LogP contribution is 2.35. The molecular weight excluding hydrogens is 268 g/mol. The van der Waals surface area contributed by atoms with Crippen molar-refractivity contribution in [2.24, 2.45) is 0 Å². The first-order valence-electron chi connectivity index (χ1n) is 5.60. The molecule has 0 saturated carbocycles. The van der Waals surface area contributed by atoms with Gasteiger partial charge in [-0.3, -0.25) is 0 Å². The van der Waals surface area contributed by atoms with Gasteiger partial charge < -0.3 is 4.43 Å². The lowest BCUT2D eigenvalue weighted by atomic mass is 10.1. The molecule has 3 heteroatoms. The zero-order valence-electron chi connectivity index (χ0n) is 9.51. The van der Waals surface area contributed by atoms with Crippen molar-refractivity contribution in [3.8, 4) is 0 Å². The average molecular weight is 285 g/mol. The smallest absolute Gasteiger partial charge is 0.224 e. The maximum Gasteiger partial charge on any atom is 0.224 e. The molecule has 2 rings (SSSR count). The molecule has 0 N–H and O–H groups in total. The number of halogens is 1. The average Bonchev–Trinajstić information content (AvgIpc) is 2.52. The van der Waals surface area contributed by atoms with Crippen molar-refractivity contribution in [2.75, 3.05) is 0 Å². The lowest BCUT2D eigenvalue weighted by Crippen LogP contribution is -2.45. The Hall–Kier alpha value is -0.123. The number of rotatable bonds is 2. The van der Waals surface area contributed by atoms with Gasteiger partial charge in [-0.25, -0.2) is 0 Å². The summed E-state index contributed by atoms with van der Waals surface area (Å²) in [6, 6.07) is 8.96. The van der Waals surface area contributed by atoms with Crippen LogP contribution in [0.4, 0.5) is 0 Å². The minimum Gasteiger partial charge on any atom is -0.406 e. The SMILES string of the molecule is CC[Si]1(CC)OC(C)c2ccc(Br)cc21. The third kappa shape index (κ3) is 1.71. The molecular formula is C12H17BrOSi. The van der Waals surface area contributed by atoms with Crippen molar-refractivity contribution in [2.45, 2.75) is 39.0 Å². The summed E-state index contributed by atoms with van der Waals surface area (Å²) in [4.78, 5) is 0. The van der Waals surface area contributed by atoms with E-state index in [1.807, 2.05) is 0 Å². The Morgan fingerprint density at radius 2 is 2.00 bits per heavy atom. The van der Waals surface area contributed by atoms with Crippen LogP contribution in [0.1, 0.15) is 32.4 Å². The van der Waals surface area contributed by atoms with Crippen LogP contribution in [0.2, 0.25) is 12.1 Å². The number of hydrogen-bond acceptors (Lipinski definition) is 1. The third-order valence-corrected chi connectivity index (χ3v) is 8.49. The van der Waals surface area contributed by atoms with E-state index in [1.54, 1.807) is 0 Å². The van der Waals surface area contributed by atoms with Gasteiger partial charge in [-0.2, -0.15) is 0 Å². The third-order valence-electron chi connectivity index (χ3n) is 3.49. The van der Waals surface area contributed by atoms with Crippen molar-refractivity contribution in [1.29, 1.82) is 0 Å². The van der Waals surface area contributed by atoms with E-state index in [2.05, 4.69) is 54.9 Å². The molecule has 0 saturated heterocycles. The molecule has 1 aliphatic rings. The Labute approximate surface area is 101 Å². The largest absolute Gasteiger partial charge is 0.406 e. The number of hydrogen-bond donors (Lipinski definition) is 0. The first-order valence-corrected chi connectivity index (χ1v) is 8.72. The van der Waals surface area contributed by atoms with Crippen LogP contribution in [0.5, 0.6) is 0 Å². The van der Waals surface area contributed by atoms with Crippen LogP contribution in [0.25, 0.3) is 0 Å². The minimum atomic E-state index is -1.63. The molecule has 1 atom stereocenters. The van der Waals surface area contributed by atoms with Crippen molar-refractivity contribution < 1.29 is 4.43 Å². The molecule has 1 heterocycles. The van der Waals surface area contributed by atoms with Crippen LogP contribution in [-0.4, -0.2) is 8.32 Å². The fourth-order valence-corrected chi connectivity index (χ4v) is 6.87. The number of benzene rings is 1. The van der Waals surface area contributed by atoms with Gasteiger partial charge in [0, 0.05) is 4.47 Å². The van der Waals surface area contributed by atoms with Gasteiger partial charge in [0.25, 0.3) is 0 Å². The van der Waals surface area contributed by atoms with E-state index >= 15 is 0 Å². The van der Waals surface area contributed by atoms with Crippen molar-refractivity contribution in [1.82, 2.24) is 0 Å². The van der Waals surface area contributed by atoms with Gasteiger partial charge in [0.05, 0.1) is 6.10 Å². The van der Waals surface area contributed by atoms with Gasteiger partial charge in [0.2, 0.25) is 8.32 Å². The van der Waals surface area contributed by atoms with Crippen LogP contribution < -0.4 is 5.19 Å². The molecule has 1 aromatic carbocycles. The topological polar surface area (TPSA) is 9.23 Å². The Bertz CT molecular complexity index is 374. The molecule has 0 aliphatic carbocycles. The lowest BCUT2D eigenvalue weighted by Gasteiger charge is -2.24. The number of fused-ring (bicyclic) bond motifs is 1. The Morgan fingerprint density at radius 1 is 1.33 bits per heavy atom. The summed E-state index contributed by atoms with van der Waals surface area (Å²) in [6.45, 7) is 6.70. The highest BCUT2D eigenvalue weighted by Gasteiger charge is 2.43. The molecule has 1 aliphatic heterocycles. The van der Waals surface area contributed by atoms with Crippen molar-refractivity contribution >= 4 is 29.4 Å². The molecule has 0 bridgehead atoms. The molecule has 15 heavy (non-hydrogen) atoms. The quantitative estimate of drug-likeness (QED) is 0.752. The van der Waals surface area contributed by atoms with Gasteiger partial charge in [-0.1, -0.05) is 35.8 Å². The Kier molecular flexibility index (Phi) is 3.06. The summed E-state index contributed by atoms with van der Waals surface area (Å²) in [7, 11) is -1.63. The Balaban J connectivity index is 2.56. The standard InChI is InChI=1S/C12H17BrOSi/c1-4-15(5-2)12-8-10(13)6-7-11(12)9(3)14-15/h6-9H,4-5H2,1-3H3. The summed E-state index contributed by atoms with van der Waals surface area (Å²) in [5, 5.41) is 1.51. The van der Waals surface area contributed by atoms with E-state index in [0.29, 0.717) is 6.10 Å². The molecule has 0 spiro atoms. The van der Waals surface area contributed by atoms with Gasteiger partial charge in [-0.05, 0) is 41.9 Å². The first-order chi connectivity index (χ1) is 7.13. The molecule has 1 aromatic rings. The monoisotopic (exact) mass is 284 g/mol. The fraction of sp³-hybridized carbons (Fsp3) is 0.500. The van der Waals surface area contributed by atoms with E-state index in [0.717, 1.165) is 0 Å². The lowest BCUT2D eigenvalue weighted by molar-refractivity contribution is 0.232. The predicted molar refractivity (Wildman–Crippen MR) is 70.0 cm³/mol. The van der Waals surface area contributed by atoms with E-state index < -0.39 is 8.32 Å². The first kappa shape index (κ1) is 11.4. The minimum absolute atomic E-state index is 0.291. The highest BCUT2D eigenvalue weighted by atomic mass is 79.9. The van der Waals surface area contributed by atoms with E-state index in [-0.39, 0.29) is 0 Å². The zero-order chi connectivity index (χ0) is 11.1. The molecule has 1 nitrogen and oxygen atoms in total. The van der Waals surface area contributed by atoms with Crippen LogP contribution in [0.3, 0.4) is 0 Å². The predicted octanol–water partition coefficient (Wildman–Crippen LogP) is 3.73. The van der Waals surface area contributed by atoms with Gasteiger partial charge in [0.15, 0.2) is 0 Å². The molecule has 0 radical (unpaired) electrons. The van der Waals surface area contributed by atoms with E-state index in [1.165, 1.54) is 27.3 Å². The van der Waals surface area contributed by atoms with Gasteiger partial charge >= 0.3 is 0 Å². The van der Waals surface area contributed by atoms with Crippen LogP contribution in [0.15, 0.2) is 22.7 Å². The summed E-state index contributed by atoms with van der Waals surface area (Å²) in [5.74, 6) is 0. The van der Waals surface area contributed by atoms with Gasteiger partial charge in [0.1, 0.15) is 0 Å². The maximum atomic E-state index is 6.29. The summed E-state index contributed by atoms with van der Waals surface area (Å²) < 4.78 is 7.47. The van der Waals surface area contributed by atoms with E-state index in [4.69, 9.17) is 4.43 Å². The zero-order valence-corrected chi connectivity index (χ0v) is 12.1.